The molecular weight excluding hydrogens is 360 g/mol. The highest BCUT2D eigenvalue weighted by Gasteiger charge is 2.29. The maximum atomic E-state index is 12.9. The summed E-state index contributed by atoms with van der Waals surface area (Å²) >= 11 is 0. The average molecular weight is 384 g/mol. The molecule has 2 heterocycles. The molecule has 0 radical (unpaired) electrons. The number of amides is 2. The molecule has 2 N–H and O–H groups in total. The third-order valence-electron chi connectivity index (χ3n) is 4.73. The van der Waals surface area contributed by atoms with Crippen LogP contribution in [-0.4, -0.2) is 45.7 Å². The van der Waals surface area contributed by atoms with Crippen LogP contribution in [0.2, 0.25) is 0 Å². The van der Waals surface area contributed by atoms with E-state index in [4.69, 9.17) is 10.5 Å². The minimum atomic E-state index is -0.430. The summed E-state index contributed by atoms with van der Waals surface area (Å²) in [7, 11) is 0. The van der Waals surface area contributed by atoms with Gasteiger partial charge in [-0.3, -0.25) is 14.4 Å². The lowest BCUT2D eigenvalue weighted by Crippen LogP contribution is -2.46. The van der Waals surface area contributed by atoms with Gasteiger partial charge in [-0.2, -0.15) is 5.10 Å². The van der Waals surface area contributed by atoms with Crippen molar-refractivity contribution in [3.05, 3.63) is 58.5 Å². The Labute approximate surface area is 162 Å². The number of nitrogens with two attached hydrogens (primary N) is 1. The van der Waals surface area contributed by atoms with E-state index in [1.165, 1.54) is 16.8 Å². The molecule has 0 aliphatic carbocycles. The highest BCUT2D eigenvalue weighted by molar-refractivity contribution is 5.92. The van der Waals surface area contributed by atoms with Gasteiger partial charge in [0.05, 0.1) is 6.54 Å². The quantitative estimate of drug-likeness (QED) is 0.772. The van der Waals surface area contributed by atoms with Crippen LogP contribution in [0.3, 0.4) is 0 Å². The zero-order valence-corrected chi connectivity index (χ0v) is 15.6. The summed E-state index contributed by atoms with van der Waals surface area (Å²) in [5.74, 6) is -0.0187. The van der Waals surface area contributed by atoms with Crippen molar-refractivity contribution in [1.82, 2.24) is 14.7 Å². The summed E-state index contributed by atoms with van der Waals surface area (Å²) in [5.41, 5.74) is 5.19. The molecular formula is C20H24N4O4. The number of aromatic nitrogens is 2. The van der Waals surface area contributed by atoms with Crippen LogP contribution in [0.4, 0.5) is 0 Å². The van der Waals surface area contributed by atoms with Gasteiger partial charge < -0.3 is 15.4 Å². The summed E-state index contributed by atoms with van der Waals surface area (Å²) in [6.45, 7) is 1.02. The van der Waals surface area contributed by atoms with Crippen molar-refractivity contribution in [2.45, 2.75) is 38.3 Å². The Balaban J connectivity index is 1.69. The van der Waals surface area contributed by atoms with E-state index in [2.05, 4.69) is 5.10 Å². The molecule has 0 saturated carbocycles. The zero-order chi connectivity index (χ0) is 19.9. The molecule has 1 saturated heterocycles. The maximum absolute atomic E-state index is 12.9. The lowest BCUT2D eigenvalue weighted by atomic mass is 9.98. The van der Waals surface area contributed by atoms with E-state index in [-0.39, 0.29) is 42.8 Å². The number of primary amides is 1. The Morgan fingerprint density at radius 3 is 2.68 bits per heavy atom. The van der Waals surface area contributed by atoms with E-state index < -0.39 is 5.91 Å². The monoisotopic (exact) mass is 384 g/mol. The first-order chi connectivity index (χ1) is 13.5. The summed E-state index contributed by atoms with van der Waals surface area (Å²) in [6.07, 6.45) is 2.69. The second-order valence-corrected chi connectivity index (χ2v) is 6.76. The number of ether oxygens (including phenoxy) is 1. The second-order valence-electron chi connectivity index (χ2n) is 6.76. The molecule has 8 nitrogen and oxygen atoms in total. The number of piperidine rings is 1. The lowest BCUT2D eigenvalue weighted by Gasteiger charge is -2.35. The number of benzene rings is 1. The zero-order valence-electron chi connectivity index (χ0n) is 15.6. The van der Waals surface area contributed by atoms with Crippen LogP contribution in [0.5, 0.6) is 5.75 Å². The molecule has 28 heavy (non-hydrogen) atoms. The molecule has 2 aromatic rings. The van der Waals surface area contributed by atoms with Crippen LogP contribution in [0.1, 0.15) is 36.2 Å². The first-order valence-corrected chi connectivity index (χ1v) is 9.40. The van der Waals surface area contributed by atoms with Crippen molar-refractivity contribution in [3.63, 3.8) is 0 Å². The molecule has 1 aromatic carbocycles. The largest absolute Gasteiger partial charge is 0.492 e. The Bertz CT molecular complexity index is 881. The third-order valence-corrected chi connectivity index (χ3v) is 4.73. The Hall–Kier alpha value is -3.16. The third kappa shape index (κ3) is 4.97. The molecule has 0 unspecified atom stereocenters. The maximum Gasteiger partial charge on any atom is 0.274 e. The van der Waals surface area contributed by atoms with E-state index in [1.807, 2.05) is 30.3 Å². The van der Waals surface area contributed by atoms with Crippen molar-refractivity contribution >= 4 is 11.8 Å². The van der Waals surface area contributed by atoms with Gasteiger partial charge >= 0.3 is 0 Å². The number of nitrogens with zero attached hydrogens (tertiary/aromatic N) is 3. The van der Waals surface area contributed by atoms with Gasteiger partial charge in [-0.1, -0.05) is 18.2 Å². The van der Waals surface area contributed by atoms with Crippen LogP contribution < -0.4 is 16.0 Å². The van der Waals surface area contributed by atoms with Gasteiger partial charge in [-0.25, -0.2) is 4.68 Å². The van der Waals surface area contributed by atoms with E-state index >= 15 is 0 Å². The van der Waals surface area contributed by atoms with Crippen LogP contribution in [0.25, 0.3) is 0 Å². The second kappa shape index (κ2) is 9.16. The number of carbonyl (C=O) groups is 2. The fourth-order valence-electron chi connectivity index (χ4n) is 3.35. The van der Waals surface area contributed by atoms with Crippen molar-refractivity contribution in [3.8, 4) is 5.75 Å². The predicted molar refractivity (Wildman–Crippen MR) is 103 cm³/mol. The Morgan fingerprint density at radius 1 is 1.14 bits per heavy atom. The molecule has 0 bridgehead atoms. The normalized spacial score (nSPS) is 16.6. The van der Waals surface area contributed by atoms with Gasteiger partial charge in [0.2, 0.25) is 5.91 Å². The van der Waals surface area contributed by atoms with E-state index in [0.717, 1.165) is 19.3 Å². The summed E-state index contributed by atoms with van der Waals surface area (Å²) in [6, 6.07) is 11.8. The van der Waals surface area contributed by atoms with E-state index in [9.17, 15) is 14.4 Å². The highest BCUT2D eigenvalue weighted by Crippen LogP contribution is 2.21. The number of hydrogen-bond acceptors (Lipinski definition) is 5. The van der Waals surface area contributed by atoms with Crippen LogP contribution in [0, 0.1) is 0 Å². The van der Waals surface area contributed by atoms with E-state index in [0.29, 0.717) is 12.3 Å². The highest BCUT2D eigenvalue weighted by atomic mass is 16.5. The van der Waals surface area contributed by atoms with Crippen LogP contribution in [0.15, 0.2) is 47.3 Å². The minimum Gasteiger partial charge on any atom is -0.492 e. The standard InChI is InChI=1S/C20H24N4O4/c21-18(25)14-15-6-4-5-11-23(15)20(27)17-9-10-19(26)24(22-17)12-13-28-16-7-2-1-3-8-16/h1-3,7-10,15H,4-6,11-14H2,(H2,21,25)/t15-/m1/s1. The molecule has 1 atom stereocenters. The molecule has 2 amide bonds. The number of para-hydroxylation sites is 1. The summed E-state index contributed by atoms with van der Waals surface area (Å²) in [4.78, 5) is 38.0. The molecule has 1 aliphatic rings. The van der Waals surface area contributed by atoms with Crippen molar-refractivity contribution in [2.24, 2.45) is 5.73 Å². The molecule has 0 spiro atoms. The van der Waals surface area contributed by atoms with Crippen molar-refractivity contribution in [1.29, 1.82) is 0 Å². The Kier molecular flexibility index (Phi) is 6.41. The van der Waals surface area contributed by atoms with Gasteiger partial charge in [-0.05, 0) is 37.5 Å². The molecule has 3 rings (SSSR count). The number of carbonyl (C=O) groups excluding carboxylic acids is 2. The van der Waals surface area contributed by atoms with Crippen molar-refractivity contribution in [2.75, 3.05) is 13.2 Å². The van der Waals surface area contributed by atoms with Crippen molar-refractivity contribution < 1.29 is 14.3 Å². The molecule has 8 heteroatoms. The summed E-state index contributed by atoms with van der Waals surface area (Å²) < 4.78 is 6.82. The molecule has 1 aromatic heterocycles. The average Bonchev–Trinajstić information content (AvgIpc) is 2.70. The predicted octanol–water partition coefficient (Wildman–Crippen LogP) is 1.19. The van der Waals surface area contributed by atoms with Gasteiger partial charge in [0.25, 0.3) is 11.5 Å². The van der Waals surface area contributed by atoms with Gasteiger partial charge in [0, 0.05) is 25.1 Å². The molecule has 1 aliphatic heterocycles. The fourth-order valence-corrected chi connectivity index (χ4v) is 3.35. The first kappa shape index (κ1) is 19.6. The van der Waals surface area contributed by atoms with Gasteiger partial charge in [0.1, 0.15) is 18.1 Å². The topological polar surface area (TPSA) is 108 Å². The smallest absolute Gasteiger partial charge is 0.274 e. The Morgan fingerprint density at radius 2 is 1.93 bits per heavy atom. The molecule has 148 valence electrons. The number of likely N-dealkylation sites (tertiary alicyclic amines) is 1. The SMILES string of the molecule is NC(=O)C[C@H]1CCCCN1C(=O)c1ccc(=O)n(CCOc2ccccc2)n1. The lowest BCUT2D eigenvalue weighted by molar-refractivity contribution is -0.119. The fraction of sp³-hybridized carbons (Fsp3) is 0.400. The minimum absolute atomic E-state index is 0.135. The van der Waals surface area contributed by atoms with Gasteiger partial charge in [-0.15, -0.1) is 0 Å². The van der Waals surface area contributed by atoms with Gasteiger partial charge in [0.15, 0.2) is 0 Å². The van der Waals surface area contributed by atoms with E-state index in [1.54, 1.807) is 4.90 Å². The first-order valence-electron chi connectivity index (χ1n) is 9.40. The number of hydrogen-bond donors (Lipinski definition) is 1. The van der Waals surface area contributed by atoms with Crippen LogP contribution in [-0.2, 0) is 11.3 Å². The van der Waals surface area contributed by atoms with Crippen LogP contribution >= 0.6 is 0 Å². The summed E-state index contributed by atoms with van der Waals surface area (Å²) in [5, 5.41) is 4.21. The molecule has 1 fully saturated rings. The number of rotatable bonds is 7.